The van der Waals surface area contributed by atoms with Gasteiger partial charge in [0.15, 0.2) is 11.5 Å². The molecule has 26 heavy (non-hydrogen) atoms. The van der Waals surface area contributed by atoms with Gasteiger partial charge in [-0.15, -0.1) is 0 Å². The summed E-state index contributed by atoms with van der Waals surface area (Å²) in [7, 11) is 1.64. The van der Waals surface area contributed by atoms with Crippen LogP contribution in [0.3, 0.4) is 0 Å². The second-order valence-electron chi connectivity index (χ2n) is 6.66. The Bertz CT molecular complexity index is 773. The second kappa shape index (κ2) is 7.23. The van der Waals surface area contributed by atoms with Gasteiger partial charge in [-0.25, -0.2) is 4.98 Å². The van der Waals surface area contributed by atoms with Crippen LogP contribution in [-0.2, 0) is 11.2 Å². The van der Waals surface area contributed by atoms with E-state index in [1.165, 1.54) is 0 Å². The van der Waals surface area contributed by atoms with Crippen molar-refractivity contribution in [2.24, 2.45) is 5.92 Å². The minimum absolute atomic E-state index is 0.129. The topological polar surface area (TPSA) is 54.9 Å². The molecule has 0 aliphatic carbocycles. The lowest BCUT2D eigenvalue weighted by Crippen LogP contribution is -2.51. The van der Waals surface area contributed by atoms with Crippen LogP contribution in [0.1, 0.15) is 5.56 Å². The van der Waals surface area contributed by atoms with Crippen molar-refractivity contribution in [3.63, 3.8) is 0 Å². The Balaban J connectivity index is 1.38. The molecule has 1 aromatic heterocycles. The van der Waals surface area contributed by atoms with Gasteiger partial charge in [-0.1, -0.05) is 18.2 Å². The first kappa shape index (κ1) is 16.7. The predicted molar refractivity (Wildman–Crippen MR) is 98.7 cm³/mol. The molecule has 2 aromatic rings. The summed E-state index contributed by atoms with van der Waals surface area (Å²) < 4.78 is 11.2. The maximum atomic E-state index is 12.9. The highest BCUT2D eigenvalue weighted by molar-refractivity contribution is 5.80. The molecule has 1 saturated heterocycles. The van der Waals surface area contributed by atoms with Crippen molar-refractivity contribution in [2.45, 2.75) is 6.42 Å². The quantitative estimate of drug-likeness (QED) is 0.845. The Morgan fingerprint density at radius 1 is 1.15 bits per heavy atom. The molecule has 2 aliphatic heterocycles. The fourth-order valence-corrected chi connectivity index (χ4v) is 3.67. The Hall–Kier alpha value is -2.76. The van der Waals surface area contributed by atoms with E-state index in [-0.39, 0.29) is 11.8 Å². The molecule has 0 radical (unpaired) electrons. The van der Waals surface area contributed by atoms with Crippen molar-refractivity contribution in [1.29, 1.82) is 0 Å². The molecular weight excluding hydrogens is 330 g/mol. The first-order valence-electron chi connectivity index (χ1n) is 8.99. The number of aromatic nitrogens is 1. The Morgan fingerprint density at radius 3 is 2.73 bits per heavy atom. The number of benzene rings is 1. The Morgan fingerprint density at radius 2 is 2.00 bits per heavy atom. The van der Waals surface area contributed by atoms with Gasteiger partial charge in [0.05, 0.1) is 13.0 Å². The number of piperazine rings is 1. The third kappa shape index (κ3) is 3.19. The van der Waals surface area contributed by atoms with Gasteiger partial charge in [0.1, 0.15) is 12.4 Å². The highest BCUT2D eigenvalue weighted by Gasteiger charge is 2.32. The van der Waals surface area contributed by atoms with E-state index in [0.29, 0.717) is 13.0 Å². The van der Waals surface area contributed by atoms with E-state index in [9.17, 15) is 4.79 Å². The molecule has 1 amide bonds. The highest BCUT2D eigenvalue weighted by Crippen LogP contribution is 2.36. The van der Waals surface area contributed by atoms with Gasteiger partial charge in [-0.3, -0.25) is 4.79 Å². The molecule has 1 unspecified atom stereocenters. The smallest absolute Gasteiger partial charge is 0.229 e. The van der Waals surface area contributed by atoms with Gasteiger partial charge in [0.2, 0.25) is 5.91 Å². The Kier molecular flexibility index (Phi) is 4.65. The van der Waals surface area contributed by atoms with Gasteiger partial charge in [-0.2, -0.15) is 0 Å². The maximum absolute atomic E-state index is 12.9. The maximum Gasteiger partial charge on any atom is 0.229 e. The third-order valence-corrected chi connectivity index (χ3v) is 5.09. The number of pyridine rings is 1. The lowest BCUT2D eigenvalue weighted by molar-refractivity contribution is -0.137. The average molecular weight is 353 g/mol. The van der Waals surface area contributed by atoms with Gasteiger partial charge in [0, 0.05) is 32.4 Å². The molecule has 2 aliphatic rings. The zero-order chi connectivity index (χ0) is 17.9. The molecule has 6 heteroatoms. The van der Waals surface area contributed by atoms with Crippen molar-refractivity contribution in [3.05, 3.63) is 48.2 Å². The standard InChI is InChI=1S/C20H23N3O3/c1-25-17-6-4-5-15-13-16(14-26-19(15)17)20(24)23-11-9-22(10-12-23)18-7-2-3-8-21-18/h2-8,16H,9-14H2,1H3. The molecule has 136 valence electrons. The number of nitrogens with zero attached hydrogens (tertiary/aromatic N) is 3. The minimum Gasteiger partial charge on any atom is -0.493 e. The van der Waals surface area contributed by atoms with Crippen molar-refractivity contribution in [2.75, 3.05) is 44.8 Å². The van der Waals surface area contributed by atoms with E-state index >= 15 is 0 Å². The van der Waals surface area contributed by atoms with Crippen LogP contribution in [0.5, 0.6) is 11.5 Å². The number of carbonyl (C=O) groups excluding carboxylic acids is 1. The summed E-state index contributed by atoms with van der Waals surface area (Å²) in [6, 6.07) is 11.8. The van der Waals surface area contributed by atoms with Crippen LogP contribution in [-0.4, -0.2) is 55.7 Å². The summed E-state index contributed by atoms with van der Waals surface area (Å²) in [4.78, 5) is 21.5. The fraction of sp³-hybridized carbons (Fsp3) is 0.400. The van der Waals surface area contributed by atoms with Crippen LogP contribution in [0.25, 0.3) is 0 Å². The number of hydrogen-bond acceptors (Lipinski definition) is 5. The largest absolute Gasteiger partial charge is 0.493 e. The minimum atomic E-state index is -0.129. The lowest BCUT2D eigenvalue weighted by atomic mass is 9.95. The number of carbonyl (C=O) groups is 1. The molecule has 1 aromatic carbocycles. The lowest BCUT2D eigenvalue weighted by Gasteiger charge is -2.37. The van der Waals surface area contributed by atoms with Crippen LogP contribution in [0.2, 0.25) is 0 Å². The summed E-state index contributed by atoms with van der Waals surface area (Å²) in [6.07, 6.45) is 2.50. The number of fused-ring (bicyclic) bond motifs is 1. The molecule has 0 spiro atoms. The summed E-state index contributed by atoms with van der Waals surface area (Å²) in [5.74, 6) is 2.54. The first-order valence-corrected chi connectivity index (χ1v) is 8.99. The van der Waals surface area contributed by atoms with Crippen LogP contribution in [0.15, 0.2) is 42.6 Å². The van der Waals surface area contributed by atoms with Crippen molar-refractivity contribution >= 4 is 11.7 Å². The van der Waals surface area contributed by atoms with E-state index in [2.05, 4.69) is 9.88 Å². The number of amides is 1. The molecule has 4 rings (SSSR count). The zero-order valence-corrected chi connectivity index (χ0v) is 14.9. The number of rotatable bonds is 3. The molecule has 3 heterocycles. The molecule has 1 atom stereocenters. The van der Waals surface area contributed by atoms with E-state index in [0.717, 1.165) is 49.1 Å². The zero-order valence-electron chi connectivity index (χ0n) is 14.9. The van der Waals surface area contributed by atoms with Gasteiger partial charge >= 0.3 is 0 Å². The van der Waals surface area contributed by atoms with Crippen molar-refractivity contribution in [3.8, 4) is 11.5 Å². The van der Waals surface area contributed by atoms with E-state index in [4.69, 9.17) is 9.47 Å². The SMILES string of the molecule is COc1cccc2c1OCC(C(=O)N1CCN(c3ccccn3)CC1)C2. The molecule has 0 N–H and O–H groups in total. The van der Waals surface area contributed by atoms with E-state index < -0.39 is 0 Å². The van der Waals surface area contributed by atoms with Crippen LogP contribution in [0.4, 0.5) is 5.82 Å². The van der Waals surface area contributed by atoms with Crippen LogP contribution in [0, 0.1) is 5.92 Å². The normalized spacial score (nSPS) is 19.5. The second-order valence-corrected chi connectivity index (χ2v) is 6.66. The fourth-order valence-electron chi connectivity index (χ4n) is 3.67. The van der Waals surface area contributed by atoms with Crippen molar-refractivity contribution in [1.82, 2.24) is 9.88 Å². The molecular formula is C20H23N3O3. The van der Waals surface area contributed by atoms with E-state index in [1.54, 1.807) is 13.3 Å². The summed E-state index contributed by atoms with van der Waals surface area (Å²) in [5, 5.41) is 0. The van der Waals surface area contributed by atoms with Gasteiger partial charge in [0.25, 0.3) is 0 Å². The number of hydrogen-bond donors (Lipinski definition) is 0. The van der Waals surface area contributed by atoms with Crippen molar-refractivity contribution < 1.29 is 14.3 Å². The summed E-state index contributed by atoms with van der Waals surface area (Å²) in [6.45, 7) is 3.46. The molecule has 6 nitrogen and oxygen atoms in total. The van der Waals surface area contributed by atoms with E-state index in [1.807, 2.05) is 41.3 Å². The average Bonchev–Trinajstić information content (AvgIpc) is 2.73. The predicted octanol–water partition coefficient (Wildman–Crippen LogP) is 1.99. The number of para-hydroxylation sites is 1. The number of ether oxygens (including phenoxy) is 2. The number of anilines is 1. The third-order valence-electron chi connectivity index (χ3n) is 5.09. The Labute approximate surface area is 153 Å². The van der Waals surface area contributed by atoms with Crippen LogP contribution >= 0.6 is 0 Å². The summed E-state index contributed by atoms with van der Waals surface area (Å²) in [5.41, 5.74) is 1.04. The molecule has 1 fully saturated rings. The van der Waals surface area contributed by atoms with Crippen LogP contribution < -0.4 is 14.4 Å². The monoisotopic (exact) mass is 353 g/mol. The summed E-state index contributed by atoms with van der Waals surface area (Å²) >= 11 is 0. The van der Waals surface area contributed by atoms with Gasteiger partial charge in [-0.05, 0) is 30.2 Å². The number of methoxy groups -OCH3 is 1. The highest BCUT2D eigenvalue weighted by atomic mass is 16.5. The molecule has 0 bridgehead atoms. The molecule has 0 saturated carbocycles. The first-order chi connectivity index (χ1) is 12.8. The van der Waals surface area contributed by atoms with Gasteiger partial charge < -0.3 is 19.3 Å².